The Labute approximate surface area is 146 Å². The van der Waals surface area contributed by atoms with Gasteiger partial charge in [0, 0.05) is 18.7 Å². The first-order valence-corrected chi connectivity index (χ1v) is 8.12. The van der Waals surface area contributed by atoms with E-state index in [-0.39, 0.29) is 0 Å². The molecule has 1 aromatic rings. The van der Waals surface area contributed by atoms with E-state index in [2.05, 4.69) is 41.5 Å². The molecule has 0 saturated carbocycles. The van der Waals surface area contributed by atoms with E-state index in [4.69, 9.17) is 10.2 Å². The fourth-order valence-corrected chi connectivity index (χ4v) is 2.79. The van der Waals surface area contributed by atoms with Crippen LogP contribution in [0, 0.1) is 6.92 Å². The van der Waals surface area contributed by atoms with E-state index in [1.165, 1.54) is 29.5 Å². The van der Waals surface area contributed by atoms with Gasteiger partial charge in [0.05, 0.1) is 12.4 Å². The molecule has 2 aliphatic rings. The minimum absolute atomic E-state index is 0.451. The fraction of sp³-hybridized carbons (Fsp3) is 0.316. The highest BCUT2D eigenvalue weighted by atomic mass is 16.4. The summed E-state index contributed by atoms with van der Waals surface area (Å²) in [5.74, 6) is -2.51. The number of carbonyl (C=O) groups is 2. The maximum Gasteiger partial charge on any atom is 0.328 e. The first-order chi connectivity index (χ1) is 11.9. The molecule has 0 spiro atoms. The lowest BCUT2D eigenvalue weighted by Gasteiger charge is -2.18. The van der Waals surface area contributed by atoms with Gasteiger partial charge in [-0.1, -0.05) is 35.4 Å². The van der Waals surface area contributed by atoms with Gasteiger partial charge < -0.3 is 15.5 Å². The highest BCUT2D eigenvalue weighted by Gasteiger charge is 2.16. The number of aryl methyl sites for hydroxylation is 2. The number of nitrogens with zero attached hydrogens (tertiary/aromatic N) is 1. The third kappa shape index (κ3) is 6.25. The number of carboxylic acids is 2. The zero-order valence-corrected chi connectivity index (χ0v) is 14.1. The largest absolute Gasteiger partial charge is 0.478 e. The van der Waals surface area contributed by atoms with E-state index < -0.39 is 11.9 Å². The molecule has 0 fully saturated rings. The van der Waals surface area contributed by atoms with Crippen molar-refractivity contribution >= 4 is 24.4 Å². The molecule has 1 aliphatic carbocycles. The summed E-state index contributed by atoms with van der Waals surface area (Å²) >= 11 is 0. The monoisotopic (exact) mass is 342 g/mol. The van der Waals surface area contributed by atoms with Crippen LogP contribution in [0.2, 0.25) is 0 Å². The Morgan fingerprint density at radius 2 is 1.96 bits per heavy atom. The van der Waals surface area contributed by atoms with Crippen LogP contribution >= 0.6 is 0 Å². The topological polar surface area (TPSA) is 99.0 Å². The molecule has 25 heavy (non-hydrogen) atoms. The standard InChI is InChI=1S/C15H18N2.C4H4O4/c1-11-2-4-13-5-3-12(7-14(13)6-11)8-15-9-16-10-17-15;5-3(6)1-2-4(7)8/h2,4,6-7,10,15H,3,5,8-9H2,1H3,(H,16,17);1-2H,(H,5,6)(H,7,8)/b;2-1+. The first kappa shape index (κ1) is 18.4. The second-order valence-electron chi connectivity index (χ2n) is 6.06. The quantitative estimate of drug-likeness (QED) is 0.730. The average Bonchev–Trinajstić information content (AvgIpc) is 3.06. The highest BCUT2D eigenvalue weighted by Crippen LogP contribution is 2.27. The van der Waals surface area contributed by atoms with Gasteiger partial charge in [-0.2, -0.15) is 0 Å². The lowest BCUT2D eigenvalue weighted by Crippen LogP contribution is -2.16. The zero-order valence-electron chi connectivity index (χ0n) is 14.1. The van der Waals surface area contributed by atoms with Crippen molar-refractivity contribution in [1.29, 1.82) is 0 Å². The van der Waals surface area contributed by atoms with E-state index in [1.807, 2.05) is 6.34 Å². The van der Waals surface area contributed by atoms with Crippen molar-refractivity contribution in [3.8, 4) is 0 Å². The fourth-order valence-electron chi connectivity index (χ4n) is 2.79. The summed E-state index contributed by atoms with van der Waals surface area (Å²) in [4.78, 5) is 23.5. The number of benzene rings is 1. The van der Waals surface area contributed by atoms with Crippen molar-refractivity contribution in [3.63, 3.8) is 0 Å². The number of fused-ring (bicyclic) bond motifs is 1. The molecule has 0 saturated heterocycles. The van der Waals surface area contributed by atoms with Crippen molar-refractivity contribution in [2.45, 2.75) is 32.2 Å². The van der Waals surface area contributed by atoms with Crippen LogP contribution in [0.25, 0.3) is 6.08 Å². The molecule has 132 valence electrons. The SMILES string of the molecule is Cc1ccc2c(c1)C=C(CC1CNC=N1)CC2.O=C(O)/C=C/C(=O)O. The summed E-state index contributed by atoms with van der Waals surface area (Å²) in [6, 6.07) is 7.23. The molecule has 6 heteroatoms. The number of carboxylic acid groups (broad SMARTS) is 2. The molecule has 0 amide bonds. The summed E-state index contributed by atoms with van der Waals surface area (Å²) in [6.07, 6.45) is 8.82. The Bertz CT molecular complexity index is 719. The van der Waals surface area contributed by atoms with Gasteiger partial charge in [0.15, 0.2) is 0 Å². The van der Waals surface area contributed by atoms with Gasteiger partial charge in [-0.3, -0.25) is 4.99 Å². The molecule has 3 N–H and O–H groups in total. The number of rotatable bonds is 4. The van der Waals surface area contributed by atoms with Crippen LogP contribution < -0.4 is 5.32 Å². The summed E-state index contributed by atoms with van der Waals surface area (Å²) < 4.78 is 0. The van der Waals surface area contributed by atoms with Gasteiger partial charge in [0.1, 0.15) is 0 Å². The predicted molar refractivity (Wildman–Crippen MR) is 96.8 cm³/mol. The molecule has 3 rings (SSSR count). The first-order valence-electron chi connectivity index (χ1n) is 8.12. The number of aliphatic carboxylic acids is 2. The van der Waals surface area contributed by atoms with E-state index >= 15 is 0 Å². The van der Waals surface area contributed by atoms with Crippen LogP contribution in [0.15, 0.2) is 40.9 Å². The smallest absolute Gasteiger partial charge is 0.328 e. The Morgan fingerprint density at radius 1 is 1.24 bits per heavy atom. The second kappa shape index (κ2) is 8.82. The van der Waals surface area contributed by atoms with Gasteiger partial charge >= 0.3 is 11.9 Å². The minimum Gasteiger partial charge on any atom is -0.478 e. The van der Waals surface area contributed by atoms with Crippen LogP contribution in [0.1, 0.15) is 29.5 Å². The van der Waals surface area contributed by atoms with Crippen LogP contribution in [-0.2, 0) is 16.0 Å². The molecular formula is C19H22N2O4. The third-order valence-electron chi connectivity index (χ3n) is 3.97. The van der Waals surface area contributed by atoms with Crippen LogP contribution in [0.3, 0.4) is 0 Å². The molecular weight excluding hydrogens is 320 g/mol. The normalized spacial score (nSPS) is 18.0. The predicted octanol–water partition coefficient (Wildman–Crippen LogP) is 2.43. The van der Waals surface area contributed by atoms with Crippen molar-refractivity contribution < 1.29 is 19.8 Å². The van der Waals surface area contributed by atoms with Crippen molar-refractivity contribution in [2.75, 3.05) is 6.54 Å². The van der Waals surface area contributed by atoms with Gasteiger partial charge in [0.25, 0.3) is 0 Å². The highest BCUT2D eigenvalue weighted by molar-refractivity contribution is 5.89. The van der Waals surface area contributed by atoms with E-state index in [0.29, 0.717) is 18.2 Å². The third-order valence-corrected chi connectivity index (χ3v) is 3.97. The number of aliphatic imine (C=N–C) groups is 1. The van der Waals surface area contributed by atoms with Crippen molar-refractivity contribution in [1.82, 2.24) is 5.32 Å². The number of hydrogen-bond acceptors (Lipinski definition) is 4. The van der Waals surface area contributed by atoms with Gasteiger partial charge in [-0.05, 0) is 37.3 Å². The van der Waals surface area contributed by atoms with Gasteiger partial charge in [-0.25, -0.2) is 9.59 Å². The molecule has 1 atom stereocenters. The minimum atomic E-state index is -1.26. The molecule has 1 heterocycles. The van der Waals surface area contributed by atoms with E-state index in [1.54, 1.807) is 5.57 Å². The number of nitrogens with one attached hydrogen (secondary N) is 1. The molecule has 1 aliphatic heterocycles. The molecule has 0 bridgehead atoms. The van der Waals surface area contributed by atoms with Gasteiger partial charge in [0.2, 0.25) is 0 Å². The summed E-state index contributed by atoms with van der Waals surface area (Å²) in [6.45, 7) is 3.16. The molecule has 1 unspecified atom stereocenters. The summed E-state index contributed by atoms with van der Waals surface area (Å²) in [7, 11) is 0. The lowest BCUT2D eigenvalue weighted by molar-refractivity contribution is -0.134. The lowest BCUT2D eigenvalue weighted by atomic mass is 9.88. The molecule has 1 aromatic carbocycles. The zero-order chi connectivity index (χ0) is 18.2. The summed E-state index contributed by atoms with van der Waals surface area (Å²) in [5, 5.41) is 18.8. The van der Waals surface area contributed by atoms with Crippen molar-refractivity contribution in [2.24, 2.45) is 4.99 Å². The van der Waals surface area contributed by atoms with E-state index in [0.717, 1.165) is 13.0 Å². The average molecular weight is 342 g/mol. The molecule has 0 radical (unpaired) electrons. The second-order valence-corrected chi connectivity index (χ2v) is 6.06. The Hall–Kier alpha value is -2.89. The maximum absolute atomic E-state index is 9.55. The Balaban J connectivity index is 0.000000242. The summed E-state index contributed by atoms with van der Waals surface area (Å²) in [5.41, 5.74) is 5.81. The molecule has 0 aromatic heterocycles. The number of hydrogen-bond donors (Lipinski definition) is 3. The van der Waals surface area contributed by atoms with Gasteiger partial charge in [-0.15, -0.1) is 0 Å². The molecule has 6 nitrogen and oxygen atoms in total. The maximum atomic E-state index is 9.55. The van der Waals surface area contributed by atoms with Crippen molar-refractivity contribution in [3.05, 3.63) is 52.6 Å². The Morgan fingerprint density at radius 3 is 2.56 bits per heavy atom. The van der Waals surface area contributed by atoms with Crippen LogP contribution in [-0.4, -0.2) is 41.1 Å². The van der Waals surface area contributed by atoms with Crippen LogP contribution in [0.4, 0.5) is 0 Å². The Kier molecular flexibility index (Phi) is 6.51. The van der Waals surface area contributed by atoms with Crippen LogP contribution in [0.5, 0.6) is 0 Å². The van der Waals surface area contributed by atoms with E-state index in [9.17, 15) is 9.59 Å².